The Balaban J connectivity index is 1.63. The maximum absolute atomic E-state index is 12.8. The molecule has 5 aromatic rings. The molecule has 0 saturated heterocycles. The lowest BCUT2D eigenvalue weighted by Crippen LogP contribution is -2.13. The number of amides is 1. The topological polar surface area (TPSA) is 54.9 Å². The number of hydrogen-bond acceptors (Lipinski definition) is 4. The quantitative estimate of drug-likeness (QED) is 0.329. The Morgan fingerprint density at radius 3 is 2.10 bits per heavy atom. The Morgan fingerprint density at radius 2 is 1.35 bits per heavy atom. The summed E-state index contributed by atoms with van der Waals surface area (Å²) in [5.74, 6) is -0.219. The first kappa shape index (κ1) is 19.4. The number of halogens is 1. The zero-order chi connectivity index (χ0) is 21.2. The van der Waals surface area contributed by atoms with E-state index < -0.39 is 0 Å². The number of carbonyl (C=O) groups is 1. The smallest absolute Gasteiger partial charge is 0.255 e. The van der Waals surface area contributed by atoms with Gasteiger partial charge in [0.05, 0.1) is 22.4 Å². The van der Waals surface area contributed by atoms with Gasteiger partial charge in [-0.25, -0.2) is 0 Å². The number of nitrogens with zero attached hydrogens (tertiary/aromatic N) is 2. The molecule has 31 heavy (non-hydrogen) atoms. The minimum absolute atomic E-state index is 0.219. The molecule has 0 aliphatic heterocycles. The third-order valence-corrected chi connectivity index (χ3v) is 5.92. The summed E-state index contributed by atoms with van der Waals surface area (Å²) in [5, 5.41) is 3.44. The van der Waals surface area contributed by atoms with Crippen molar-refractivity contribution < 1.29 is 4.79 Å². The summed E-state index contributed by atoms with van der Waals surface area (Å²) in [6.07, 6.45) is 0. The van der Waals surface area contributed by atoms with Crippen LogP contribution in [0.4, 0.5) is 5.69 Å². The molecule has 6 heteroatoms. The van der Waals surface area contributed by atoms with Gasteiger partial charge < -0.3 is 5.32 Å². The first-order chi connectivity index (χ1) is 15.2. The molecule has 0 unspecified atom stereocenters. The second kappa shape index (κ2) is 8.30. The fourth-order valence-corrected chi connectivity index (χ4v) is 4.38. The highest BCUT2D eigenvalue weighted by molar-refractivity contribution is 7.00. The number of para-hydroxylation sites is 1. The summed E-state index contributed by atoms with van der Waals surface area (Å²) in [7, 11) is 0. The molecule has 150 valence electrons. The Labute approximate surface area is 188 Å². The second-order valence-electron chi connectivity index (χ2n) is 6.97. The number of fused-ring (bicyclic) bond motifs is 1. The summed E-state index contributed by atoms with van der Waals surface area (Å²) in [6, 6.07) is 28.8. The van der Waals surface area contributed by atoms with Gasteiger partial charge in [-0.1, -0.05) is 84.4 Å². The number of hydrogen-bond donors (Lipinski definition) is 1. The third kappa shape index (κ3) is 3.69. The second-order valence-corrected chi connectivity index (χ2v) is 7.91. The summed E-state index contributed by atoms with van der Waals surface area (Å²) < 4.78 is 9.12. The maximum atomic E-state index is 12.8. The third-order valence-electron chi connectivity index (χ3n) is 5.08. The van der Waals surface area contributed by atoms with Crippen LogP contribution in [0.3, 0.4) is 0 Å². The van der Waals surface area contributed by atoms with E-state index in [9.17, 15) is 4.79 Å². The molecule has 0 fully saturated rings. The van der Waals surface area contributed by atoms with Crippen molar-refractivity contribution in [2.45, 2.75) is 0 Å². The van der Waals surface area contributed by atoms with E-state index in [4.69, 9.17) is 11.6 Å². The normalized spacial score (nSPS) is 10.9. The lowest BCUT2D eigenvalue weighted by molar-refractivity contribution is 0.102. The standard InChI is InChI=1S/C25H16ClN3OS/c26-21-13-7-12-19(22(21)27-25(30)17-10-5-2-6-11-17)20-15-14-18(16-8-3-1-4-9-16)23-24(20)29-31-28-23/h1-15H,(H,27,30). The fraction of sp³-hybridized carbons (Fsp3) is 0. The van der Waals surface area contributed by atoms with Crippen LogP contribution in [-0.4, -0.2) is 14.7 Å². The van der Waals surface area contributed by atoms with E-state index in [2.05, 4.69) is 26.2 Å². The molecular formula is C25H16ClN3OS. The Kier molecular flexibility index (Phi) is 5.20. The molecule has 0 aliphatic rings. The average Bonchev–Trinajstić information content (AvgIpc) is 3.31. The van der Waals surface area contributed by atoms with Crippen LogP contribution in [0.5, 0.6) is 0 Å². The van der Waals surface area contributed by atoms with Crippen molar-refractivity contribution in [2.24, 2.45) is 0 Å². The van der Waals surface area contributed by atoms with Crippen LogP contribution in [0.2, 0.25) is 5.02 Å². The van der Waals surface area contributed by atoms with Gasteiger partial charge in [-0.3, -0.25) is 4.79 Å². The zero-order valence-electron chi connectivity index (χ0n) is 16.2. The van der Waals surface area contributed by atoms with Crippen molar-refractivity contribution >= 4 is 46.0 Å². The van der Waals surface area contributed by atoms with Crippen molar-refractivity contribution in [3.63, 3.8) is 0 Å². The molecule has 1 heterocycles. The number of aromatic nitrogens is 2. The van der Waals surface area contributed by atoms with E-state index >= 15 is 0 Å². The average molecular weight is 442 g/mol. The van der Waals surface area contributed by atoms with Gasteiger partial charge in [-0.2, -0.15) is 8.75 Å². The van der Waals surface area contributed by atoms with Crippen molar-refractivity contribution in [2.75, 3.05) is 5.32 Å². The lowest BCUT2D eigenvalue weighted by atomic mass is 9.97. The highest BCUT2D eigenvalue weighted by Crippen LogP contribution is 2.40. The van der Waals surface area contributed by atoms with Gasteiger partial charge in [0.25, 0.3) is 5.91 Å². The van der Waals surface area contributed by atoms with E-state index in [0.29, 0.717) is 16.3 Å². The minimum atomic E-state index is -0.219. The van der Waals surface area contributed by atoms with Crippen molar-refractivity contribution in [3.05, 3.63) is 102 Å². The molecule has 0 saturated carbocycles. The molecule has 4 aromatic carbocycles. The molecule has 1 N–H and O–H groups in total. The molecular weight excluding hydrogens is 426 g/mol. The largest absolute Gasteiger partial charge is 0.320 e. The van der Waals surface area contributed by atoms with E-state index in [1.165, 1.54) is 11.7 Å². The molecule has 1 aromatic heterocycles. The SMILES string of the molecule is O=C(Nc1c(Cl)cccc1-c1ccc(-c2ccccc2)c2nsnc12)c1ccccc1. The monoisotopic (exact) mass is 441 g/mol. The van der Waals surface area contributed by atoms with Gasteiger partial charge in [0.15, 0.2) is 0 Å². The molecule has 0 spiro atoms. The molecule has 0 radical (unpaired) electrons. The van der Waals surface area contributed by atoms with Crippen molar-refractivity contribution in [3.8, 4) is 22.3 Å². The van der Waals surface area contributed by atoms with Gasteiger partial charge in [-0.05, 0) is 23.8 Å². The van der Waals surface area contributed by atoms with Crippen LogP contribution in [-0.2, 0) is 0 Å². The van der Waals surface area contributed by atoms with E-state index in [1.54, 1.807) is 18.2 Å². The van der Waals surface area contributed by atoms with Crippen molar-refractivity contribution in [1.29, 1.82) is 0 Å². The van der Waals surface area contributed by atoms with Crippen LogP contribution in [0.1, 0.15) is 10.4 Å². The molecule has 1 amide bonds. The minimum Gasteiger partial charge on any atom is -0.320 e. The van der Waals surface area contributed by atoms with Crippen LogP contribution in [0, 0.1) is 0 Å². The lowest BCUT2D eigenvalue weighted by Gasteiger charge is -2.14. The predicted molar refractivity (Wildman–Crippen MR) is 128 cm³/mol. The summed E-state index contributed by atoms with van der Waals surface area (Å²) >= 11 is 7.69. The molecule has 0 aliphatic carbocycles. The molecule has 5 rings (SSSR count). The predicted octanol–water partition coefficient (Wildman–Crippen LogP) is 6.93. The summed E-state index contributed by atoms with van der Waals surface area (Å²) in [4.78, 5) is 12.8. The molecule has 4 nitrogen and oxygen atoms in total. The van der Waals surface area contributed by atoms with E-state index in [1.807, 2.05) is 60.7 Å². The van der Waals surface area contributed by atoms with Crippen molar-refractivity contribution in [1.82, 2.24) is 8.75 Å². The summed E-state index contributed by atoms with van der Waals surface area (Å²) in [6.45, 7) is 0. The Hall–Kier alpha value is -3.54. The van der Waals surface area contributed by atoms with Crippen LogP contribution in [0.25, 0.3) is 33.3 Å². The van der Waals surface area contributed by atoms with Gasteiger partial charge in [0, 0.05) is 22.3 Å². The number of carbonyl (C=O) groups excluding carboxylic acids is 1. The first-order valence-electron chi connectivity index (χ1n) is 9.68. The van der Waals surface area contributed by atoms with Crippen LogP contribution < -0.4 is 5.32 Å². The van der Waals surface area contributed by atoms with Gasteiger partial charge in [-0.15, -0.1) is 0 Å². The highest BCUT2D eigenvalue weighted by Gasteiger charge is 2.18. The Bertz CT molecular complexity index is 1380. The highest BCUT2D eigenvalue weighted by atomic mass is 35.5. The molecule has 0 bridgehead atoms. The fourth-order valence-electron chi connectivity index (χ4n) is 3.59. The zero-order valence-corrected chi connectivity index (χ0v) is 17.8. The first-order valence-corrected chi connectivity index (χ1v) is 10.8. The van der Waals surface area contributed by atoms with Gasteiger partial charge in [0.1, 0.15) is 11.0 Å². The maximum Gasteiger partial charge on any atom is 0.255 e. The van der Waals surface area contributed by atoms with E-state index in [-0.39, 0.29) is 5.91 Å². The number of anilines is 1. The molecule has 0 atom stereocenters. The van der Waals surface area contributed by atoms with E-state index in [0.717, 1.165) is 33.3 Å². The number of benzene rings is 4. The van der Waals surface area contributed by atoms with Gasteiger partial charge >= 0.3 is 0 Å². The van der Waals surface area contributed by atoms with Crippen LogP contribution >= 0.6 is 23.3 Å². The summed E-state index contributed by atoms with van der Waals surface area (Å²) in [5.41, 5.74) is 6.50. The number of rotatable bonds is 4. The van der Waals surface area contributed by atoms with Gasteiger partial charge in [0.2, 0.25) is 0 Å². The number of nitrogens with one attached hydrogen (secondary N) is 1. The Morgan fingerprint density at radius 1 is 0.710 bits per heavy atom. The van der Waals surface area contributed by atoms with Crippen LogP contribution in [0.15, 0.2) is 91.0 Å².